The predicted molar refractivity (Wildman–Crippen MR) is 101 cm³/mol. The largest absolute Gasteiger partial charge is 0.340 e. The van der Waals surface area contributed by atoms with Crippen molar-refractivity contribution in [2.75, 3.05) is 5.32 Å². The first kappa shape index (κ1) is 15.6. The fraction of sp³-hybridized carbons (Fsp3) is 0.105. The zero-order chi connectivity index (χ0) is 17.4. The van der Waals surface area contributed by atoms with Gasteiger partial charge in [0, 0.05) is 10.7 Å². The zero-order valence-corrected chi connectivity index (χ0v) is 14.6. The molecule has 25 heavy (non-hydrogen) atoms. The Labute approximate surface area is 150 Å². The van der Waals surface area contributed by atoms with Crippen molar-refractivity contribution in [1.29, 1.82) is 0 Å². The predicted octanol–water partition coefficient (Wildman–Crippen LogP) is 4.83. The van der Waals surface area contributed by atoms with Crippen LogP contribution in [0.3, 0.4) is 0 Å². The van der Waals surface area contributed by atoms with Crippen LogP contribution in [0.1, 0.15) is 11.1 Å². The Hall–Kier alpha value is -2.92. The Morgan fingerprint density at radius 2 is 1.92 bits per heavy atom. The molecule has 0 saturated heterocycles. The van der Waals surface area contributed by atoms with Crippen LogP contribution in [-0.4, -0.2) is 19.7 Å². The number of hydrogen-bond acceptors (Lipinski definition) is 4. The number of aryl methyl sites for hydroxylation is 2. The molecule has 1 N–H and O–H groups in total. The number of benzene rings is 2. The van der Waals surface area contributed by atoms with E-state index in [-0.39, 0.29) is 0 Å². The normalized spacial score (nSPS) is 11.0. The molecule has 124 valence electrons. The minimum absolute atomic E-state index is 0.702. The van der Waals surface area contributed by atoms with E-state index < -0.39 is 0 Å². The van der Waals surface area contributed by atoms with E-state index in [1.165, 1.54) is 11.9 Å². The Kier molecular flexibility index (Phi) is 3.86. The molecule has 4 rings (SSSR count). The van der Waals surface area contributed by atoms with Gasteiger partial charge >= 0.3 is 0 Å². The van der Waals surface area contributed by atoms with Gasteiger partial charge in [0.25, 0.3) is 0 Å². The molecule has 0 aliphatic carbocycles. The maximum absolute atomic E-state index is 6.25. The molecule has 4 aromatic rings. The third-order valence-electron chi connectivity index (χ3n) is 4.05. The molecule has 2 heterocycles. The Morgan fingerprint density at radius 1 is 1.04 bits per heavy atom. The summed E-state index contributed by atoms with van der Waals surface area (Å²) < 4.78 is 1.77. The van der Waals surface area contributed by atoms with Gasteiger partial charge in [0.1, 0.15) is 12.1 Å². The number of nitrogens with one attached hydrogen (secondary N) is 1. The topological polar surface area (TPSA) is 55.6 Å². The van der Waals surface area contributed by atoms with Crippen LogP contribution in [0.2, 0.25) is 5.02 Å². The van der Waals surface area contributed by atoms with Gasteiger partial charge in [-0.15, -0.1) is 0 Å². The Bertz CT molecular complexity index is 1070. The first-order valence-corrected chi connectivity index (χ1v) is 8.28. The highest BCUT2D eigenvalue weighted by molar-refractivity contribution is 6.31. The van der Waals surface area contributed by atoms with E-state index >= 15 is 0 Å². The molecule has 2 aromatic carbocycles. The first-order valence-electron chi connectivity index (χ1n) is 7.91. The van der Waals surface area contributed by atoms with Crippen molar-refractivity contribution in [3.63, 3.8) is 0 Å². The molecule has 5 nitrogen and oxygen atoms in total. The fourth-order valence-corrected chi connectivity index (χ4v) is 2.88. The highest BCUT2D eigenvalue weighted by Gasteiger charge is 2.12. The average Bonchev–Trinajstić information content (AvgIpc) is 3.03. The van der Waals surface area contributed by atoms with Crippen molar-refractivity contribution in [2.45, 2.75) is 13.8 Å². The van der Waals surface area contributed by atoms with Crippen molar-refractivity contribution in [2.24, 2.45) is 0 Å². The molecule has 0 spiro atoms. The van der Waals surface area contributed by atoms with Gasteiger partial charge in [0.05, 0.1) is 17.3 Å². The SMILES string of the molecule is Cc1cccc(Nc2ncnc3c2cnn3-c2ccc(C)c(Cl)c2)c1. The molecule has 6 heteroatoms. The summed E-state index contributed by atoms with van der Waals surface area (Å²) in [6, 6.07) is 14.0. The number of hydrogen-bond donors (Lipinski definition) is 1. The highest BCUT2D eigenvalue weighted by Crippen LogP contribution is 2.26. The number of nitrogens with zero attached hydrogens (tertiary/aromatic N) is 4. The van der Waals surface area contributed by atoms with Crippen molar-refractivity contribution in [1.82, 2.24) is 19.7 Å². The first-order chi connectivity index (χ1) is 12.1. The molecule has 0 atom stereocenters. The summed E-state index contributed by atoms with van der Waals surface area (Å²) in [6.07, 6.45) is 3.30. The van der Waals surface area contributed by atoms with Crippen LogP contribution in [0, 0.1) is 13.8 Å². The lowest BCUT2D eigenvalue weighted by Gasteiger charge is -2.08. The van der Waals surface area contributed by atoms with Crippen LogP contribution < -0.4 is 5.32 Å². The summed E-state index contributed by atoms with van der Waals surface area (Å²) in [5.41, 5.74) is 4.78. The lowest BCUT2D eigenvalue weighted by atomic mass is 10.2. The standard InChI is InChI=1S/C19H16ClN5/c1-12-4-3-5-14(8-12)24-18-16-10-23-25(19(16)22-11-21-18)15-7-6-13(2)17(20)9-15/h3-11H,1-2H3,(H,21,22,24). The van der Waals surface area contributed by atoms with Crippen LogP contribution in [0.4, 0.5) is 11.5 Å². The number of rotatable bonds is 3. The smallest absolute Gasteiger partial charge is 0.168 e. The van der Waals surface area contributed by atoms with E-state index in [2.05, 4.69) is 39.4 Å². The summed E-state index contributed by atoms with van der Waals surface area (Å²) in [4.78, 5) is 8.76. The lowest BCUT2D eigenvalue weighted by Crippen LogP contribution is -2.00. The molecule has 0 saturated carbocycles. The van der Waals surface area contributed by atoms with Gasteiger partial charge in [-0.05, 0) is 49.2 Å². The van der Waals surface area contributed by atoms with E-state index in [4.69, 9.17) is 11.6 Å². The minimum Gasteiger partial charge on any atom is -0.340 e. The van der Waals surface area contributed by atoms with Crippen LogP contribution in [0.15, 0.2) is 55.0 Å². The van der Waals surface area contributed by atoms with E-state index in [1.807, 2.05) is 37.3 Å². The van der Waals surface area contributed by atoms with Crippen molar-refractivity contribution in [3.05, 3.63) is 71.1 Å². The highest BCUT2D eigenvalue weighted by atomic mass is 35.5. The number of aromatic nitrogens is 4. The molecule has 0 aliphatic rings. The van der Waals surface area contributed by atoms with E-state index in [0.717, 1.165) is 33.8 Å². The Balaban J connectivity index is 1.79. The average molecular weight is 350 g/mol. The van der Waals surface area contributed by atoms with Crippen LogP contribution >= 0.6 is 11.6 Å². The maximum atomic E-state index is 6.25. The molecule has 0 aliphatic heterocycles. The summed E-state index contributed by atoms with van der Waals surface area (Å²) in [5.74, 6) is 0.722. The van der Waals surface area contributed by atoms with Gasteiger partial charge in [-0.3, -0.25) is 0 Å². The van der Waals surface area contributed by atoms with Gasteiger partial charge in [-0.1, -0.05) is 29.8 Å². The molecule has 0 amide bonds. The second-order valence-electron chi connectivity index (χ2n) is 5.94. The number of anilines is 2. The third-order valence-corrected chi connectivity index (χ3v) is 4.45. The van der Waals surface area contributed by atoms with Crippen LogP contribution in [0.5, 0.6) is 0 Å². The summed E-state index contributed by atoms with van der Waals surface area (Å²) >= 11 is 6.25. The minimum atomic E-state index is 0.702. The third kappa shape index (κ3) is 2.94. The summed E-state index contributed by atoms with van der Waals surface area (Å²) in [7, 11) is 0. The molecule has 0 unspecified atom stereocenters. The quantitative estimate of drug-likeness (QED) is 0.575. The molecular formula is C19H16ClN5. The van der Waals surface area contributed by atoms with Gasteiger partial charge in [0.15, 0.2) is 5.65 Å². The second kappa shape index (κ2) is 6.18. The van der Waals surface area contributed by atoms with Gasteiger partial charge in [0.2, 0.25) is 0 Å². The summed E-state index contributed by atoms with van der Waals surface area (Å²) in [5, 5.41) is 9.36. The lowest BCUT2D eigenvalue weighted by molar-refractivity contribution is 0.894. The van der Waals surface area contributed by atoms with E-state index in [9.17, 15) is 0 Å². The molecular weight excluding hydrogens is 334 g/mol. The molecule has 0 radical (unpaired) electrons. The van der Waals surface area contributed by atoms with Crippen molar-refractivity contribution in [3.8, 4) is 5.69 Å². The summed E-state index contributed by atoms with van der Waals surface area (Å²) in [6.45, 7) is 4.03. The molecule has 0 fully saturated rings. The maximum Gasteiger partial charge on any atom is 0.168 e. The van der Waals surface area contributed by atoms with Crippen molar-refractivity contribution >= 4 is 34.1 Å². The Morgan fingerprint density at radius 3 is 2.72 bits per heavy atom. The van der Waals surface area contributed by atoms with Gasteiger partial charge in [-0.25, -0.2) is 14.6 Å². The van der Waals surface area contributed by atoms with Gasteiger partial charge < -0.3 is 5.32 Å². The fourth-order valence-electron chi connectivity index (χ4n) is 2.71. The van der Waals surface area contributed by atoms with Crippen molar-refractivity contribution < 1.29 is 0 Å². The molecule has 2 aromatic heterocycles. The monoisotopic (exact) mass is 349 g/mol. The van der Waals surface area contributed by atoms with Crippen LogP contribution in [-0.2, 0) is 0 Å². The zero-order valence-electron chi connectivity index (χ0n) is 13.9. The number of halogens is 1. The number of fused-ring (bicyclic) bond motifs is 1. The van der Waals surface area contributed by atoms with Gasteiger partial charge in [-0.2, -0.15) is 5.10 Å². The van der Waals surface area contributed by atoms with Crippen LogP contribution in [0.25, 0.3) is 16.7 Å². The van der Waals surface area contributed by atoms with E-state index in [0.29, 0.717) is 5.02 Å². The second-order valence-corrected chi connectivity index (χ2v) is 6.35. The molecule has 0 bridgehead atoms. The van der Waals surface area contributed by atoms with E-state index in [1.54, 1.807) is 10.9 Å².